The summed E-state index contributed by atoms with van der Waals surface area (Å²) in [6, 6.07) is 4.20. The molecule has 0 bridgehead atoms. The first kappa shape index (κ1) is 13.0. The summed E-state index contributed by atoms with van der Waals surface area (Å²) in [4.78, 5) is 0. The number of hydrogen-bond donors (Lipinski definition) is 1. The molecule has 0 radical (unpaired) electrons. The van der Waals surface area contributed by atoms with Crippen LogP contribution in [-0.4, -0.2) is 11.8 Å². The van der Waals surface area contributed by atoms with Gasteiger partial charge in [-0.3, -0.25) is 0 Å². The average Bonchev–Trinajstić information content (AvgIpc) is 2.76. The Kier molecular flexibility index (Phi) is 4.57. The van der Waals surface area contributed by atoms with E-state index in [0.29, 0.717) is 5.54 Å². The van der Waals surface area contributed by atoms with Crippen molar-refractivity contribution in [2.24, 2.45) is 0 Å². The average molecular weight is 253 g/mol. The van der Waals surface area contributed by atoms with Crippen LogP contribution in [0.25, 0.3) is 0 Å². The minimum Gasteiger partial charge on any atom is -0.464 e. The lowest BCUT2D eigenvalue weighted by molar-refractivity contribution is 0.244. The van der Waals surface area contributed by atoms with E-state index in [1.165, 1.54) is 32.1 Å². The Balaban J connectivity index is 1.83. The van der Waals surface area contributed by atoms with E-state index in [0.717, 1.165) is 23.8 Å². The van der Waals surface area contributed by atoms with E-state index in [4.69, 9.17) is 4.42 Å². The summed E-state index contributed by atoms with van der Waals surface area (Å²) in [5.74, 6) is 3.13. The van der Waals surface area contributed by atoms with E-state index in [2.05, 4.69) is 30.6 Å². The quantitative estimate of drug-likeness (QED) is 0.860. The molecule has 1 aliphatic carbocycles. The van der Waals surface area contributed by atoms with E-state index >= 15 is 0 Å². The Hall–Kier alpha value is -0.410. The van der Waals surface area contributed by atoms with Gasteiger partial charge in [0.2, 0.25) is 0 Å². The molecule has 17 heavy (non-hydrogen) atoms. The molecule has 1 aliphatic rings. The molecule has 1 aromatic rings. The Bertz CT molecular complexity index is 342. The van der Waals surface area contributed by atoms with Crippen LogP contribution in [0.1, 0.15) is 50.5 Å². The lowest BCUT2D eigenvalue weighted by Gasteiger charge is -2.34. The zero-order valence-electron chi connectivity index (χ0n) is 10.9. The van der Waals surface area contributed by atoms with Crippen molar-refractivity contribution in [1.29, 1.82) is 0 Å². The molecule has 0 aromatic carbocycles. The van der Waals surface area contributed by atoms with E-state index in [-0.39, 0.29) is 0 Å². The predicted molar refractivity (Wildman–Crippen MR) is 74.3 cm³/mol. The van der Waals surface area contributed by atoms with Gasteiger partial charge in [-0.1, -0.05) is 19.3 Å². The zero-order chi connectivity index (χ0) is 12.1. The molecule has 1 aromatic heterocycles. The minimum atomic E-state index is 0.324. The molecule has 0 unspecified atom stereocenters. The van der Waals surface area contributed by atoms with E-state index in [1.54, 1.807) is 11.8 Å². The summed E-state index contributed by atoms with van der Waals surface area (Å²) in [7, 11) is 0. The highest BCUT2D eigenvalue weighted by Gasteiger charge is 2.25. The van der Waals surface area contributed by atoms with E-state index in [9.17, 15) is 0 Å². The van der Waals surface area contributed by atoms with Crippen LogP contribution in [0, 0.1) is 0 Å². The van der Waals surface area contributed by atoms with Gasteiger partial charge in [0.1, 0.15) is 11.5 Å². The fourth-order valence-electron chi connectivity index (χ4n) is 2.55. The number of thioether (sulfide) groups is 1. The van der Waals surface area contributed by atoms with Crippen molar-refractivity contribution in [2.75, 3.05) is 6.26 Å². The molecule has 2 nitrogen and oxygen atoms in total. The molecule has 0 saturated heterocycles. The van der Waals surface area contributed by atoms with E-state index < -0.39 is 0 Å². The van der Waals surface area contributed by atoms with Crippen molar-refractivity contribution in [3.8, 4) is 0 Å². The lowest BCUT2D eigenvalue weighted by atomic mass is 9.83. The van der Waals surface area contributed by atoms with Crippen molar-refractivity contribution in [3.63, 3.8) is 0 Å². The smallest absolute Gasteiger partial charge is 0.118 e. The second-order valence-corrected chi connectivity index (χ2v) is 6.14. The Morgan fingerprint density at radius 1 is 1.24 bits per heavy atom. The molecular formula is C14H23NOS. The molecule has 1 heterocycles. The van der Waals surface area contributed by atoms with Gasteiger partial charge in [-0.15, -0.1) is 0 Å². The Morgan fingerprint density at radius 2 is 1.94 bits per heavy atom. The highest BCUT2D eigenvalue weighted by Crippen LogP contribution is 2.28. The molecule has 2 rings (SSSR count). The second kappa shape index (κ2) is 5.96. The van der Waals surface area contributed by atoms with Crippen LogP contribution in [0.15, 0.2) is 16.5 Å². The second-order valence-electron chi connectivity index (χ2n) is 5.28. The van der Waals surface area contributed by atoms with Crippen molar-refractivity contribution < 1.29 is 4.42 Å². The van der Waals surface area contributed by atoms with Gasteiger partial charge in [0.05, 0.1) is 12.3 Å². The van der Waals surface area contributed by atoms with Crippen LogP contribution >= 0.6 is 11.8 Å². The third kappa shape index (κ3) is 3.78. The monoisotopic (exact) mass is 253 g/mol. The maximum atomic E-state index is 5.78. The fourth-order valence-corrected chi connectivity index (χ4v) is 2.99. The van der Waals surface area contributed by atoms with Gasteiger partial charge in [0.15, 0.2) is 0 Å². The van der Waals surface area contributed by atoms with Crippen LogP contribution in [0.5, 0.6) is 0 Å². The van der Waals surface area contributed by atoms with Gasteiger partial charge >= 0.3 is 0 Å². The third-order valence-electron chi connectivity index (χ3n) is 3.65. The Labute approximate surface area is 109 Å². The van der Waals surface area contributed by atoms with Crippen LogP contribution in [-0.2, 0) is 12.3 Å². The van der Waals surface area contributed by atoms with Gasteiger partial charge in [-0.2, -0.15) is 11.8 Å². The molecule has 96 valence electrons. The summed E-state index contributed by atoms with van der Waals surface area (Å²) in [6.07, 6.45) is 8.81. The van der Waals surface area contributed by atoms with Gasteiger partial charge in [-0.25, -0.2) is 0 Å². The van der Waals surface area contributed by atoms with Crippen molar-refractivity contribution in [1.82, 2.24) is 5.32 Å². The summed E-state index contributed by atoms with van der Waals surface area (Å²) >= 11 is 1.80. The van der Waals surface area contributed by atoms with Crippen LogP contribution in [0.3, 0.4) is 0 Å². The number of nitrogens with one attached hydrogen (secondary N) is 1. The van der Waals surface area contributed by atoms with Gasteiger partial charge in [0.25, 0.3) is 0 Å². The SMILES string of the molecule is CSCc1ccc(CNC2(C)CCCCC2)o1. The lowest BCUT2D eigenvalue weighted by Crippen LogP contribution is -2.43. The highest BCUT2D eigenvalue weighted by atomic mass is 32.2. The standard InChI is InChI=1S/C14H23NOS/c1-14(8-4-3-5-9-14)15-10-12-6-7-13(16-12)11-17-2/h6-7,15H,3-5,8-11H2,1-2H3. The topological polar surface area (TPSA) is 25.2 Å². The number of hydrogen-bond acceptors (Lipinski definition) is 3. The van der Waals surface area contributed by atoms with Gasteiger partial charge in [0, 0.05) is 5.54 Å². The summed E-state index contributed by atoms with van der Waals surface area (Å²) in [5.41, 5.74) is 0.324. The van der Waals surface area contributed by atoms with Gasteiger partial charge < -0.3 is 9.73 Å². The highest BCUT2D eigenvalue weighted by molar-refractivity contribution is 7.97. The summed E-state index contributed by atoms with van der Waals surface area (Å²) in [5, 5.41) is 3.67. The van der Waals surface area contributed by atoms with Crippen LogP contribution in [0.4, 0.5) is 0 Å². The maximum absolute atomic E-state index is 5.78. The third-order valence-corrected chi connectivity index (χ3v) is 4.22. The normalized spacial score (nSPS) is 19.4. The minimum absolute atomic E-state index is 0.324. The van der Waals surface area contributed by atoms with Crippen molar-refractivity contribution in [3.05, 3.63) is 23.7 Å². The first-order valence-electron chi connectivity index (χ1n) is 6.53. The number of furan rings is 1. The largest absolute Gasteiger partial charge is 0.464 e. The van der Waals surface area contributed by atoms with Crippen LogP contribution in [0.2, 0.25) is 0 Å². The molecule has 0 spiro atoms. The Morgan fingerprint density at radius 3 is 2.65 bits per heavy atom. The summed E-state index contributed by atoms with van der Waals surface area (Å²) in [6.45, 7) is 3.21. The molecule has 3 heteroatoms. The maximum Gasteiger partial charge on any atom is 0.118 e. The molecule has 1 N–H and O–H groups in total. The predicted octanol–water partition coefficient (Wildman–Crippen LogP) is 3.96. The zero-order valence-corrected chi connectivity index (χ0v) is 11.7. The fraction of sp³-hybridized carbons (Fsp3) is 0.714. The molecule has 1 fully saturated rings. The molecular weight excluding hydrogens is 230 g/mol. The summed E-state index contributed by atoms with van der Waals surface area (Å²) < 4.78 is 5.78. The first-order valence-corrected chi connectivity index (χ1v) is 7.93. The first-order chi connectivity index (χ1) is 8.22. The van der Waals surface area contributed by atoms with Crippen molar-refractivity contribution >= 4 is 11.8 Å². The molecule has 0 amide bonds. The van der Waals surface area contributed by atoms with Gasteiger partial charge in [-0.05, 0) is 38.2 Å². The van der Waals surface area contributed by atoms with E-state index in [1.807, 2.05) is 0 Å². The molecule has 0 atom stereocenters. The molecule has 1 saturated carbocycles. The van der Waals surface area contributed by atoms with Crippen molar-refractivity contribution in [2.45, 2.75) is 56.9 Å². The van der Waals surface area contributed by atoms with Crippen LogP contribution < -0.4 is 5.32 Å². The number of rotatable bonds is 5. The molecule has 0 aliphatic heterocycles.